The predicted molar refractivity (Wildman–Crippen MR) is 97.4 cm³/mol. The van der Waals surface area contributed by atoms with Crippen LogP contribution in [-0.4, -0.2) is 26.2 Å². The minimum absolute atomic E-state index is 0.194. The Morgan fingerprint density at radius 3 is 2.36 bits per heavy atom. The number of methoxy groups -OCH3 is 2. The molecule has 0 unspecified atom stereocenters. The average molecular weight is 343 g/mol. The Morgan fingerprint density at radius 1 is 1.00 bits per heavy atom. The fourth-order valence-corrected chi connectivity index (χ4v) is 2.52. The maximum Gasteiger partial charge on any atom is 0.261 e. The first-order valence-corrected chi connectivity index (χ1v) is 8.20. The van der Waals surface area contributed by atoms with Crippen molar-refractivity contribution in [3.63, 3.8) is 0 Å². The van der Waals surface area contributed by atoms with Gasteiger partial charge in [-0.25, -0.2) is 0 Å². The summed E-state index contributed by atoms with van der Waals surface area (Å²) in [6, 6.07) is 12.9. The Morgan fingerprint density at radius 2 is 1.72 bits per heavy atom. The van der Waals surface area contributed by atoms with Crippen molar-refractivity contribution in [2.45, 2.75) is 32.9 Å². The Balaban J connectivity index is 2.08. The second kappa shape index (κ2) is 8.42. The summed E-state index contributed by atoms with van der Waals surface area (Å²) in [5.41, 5.74) is 1.84. The van der Waals surface area contributed by atoms with E-state index < -0.39 is 6.10 Å². The number of nitrogens with one attached hydrogen (secondary N) is 1. The lowest BCUT2D eigenvalue weighted by Crippen LogP contribution is -2.38. The molecule has 0 saturated heterocycles. The van der Waals surface area contributed by atoms with Crippen molar-refractivity contribution in [1.82, 2.24) is 5.32 Å². The molecule has 1 amide bonds. The molecule has 2 rings (SSSR count). The van der Waals surface area contributed by atoms with E-state index in [1.165, 1.54) is 0 Å². The van der Waals surface area contributed by atoms with Gasteiger partial charge in [-0.2, -0.15) is 0 Å². The molecule has 1 N–H and O–H groups in total. The molecule has 0 spiro atoms. The summed E-state index contributed by atoms with van der Waals surface area (Å²) >= 11 is 0. The highest BCUT2D eigenvalue weighted by molar-refractivity contribution is 5.81. The molecule has 0 bridgehead atoms. The van der Waals surface area contributed by atoms with Crippen molar-refractivity contribution in [2.75, 3.05) is 14.2 Å². The number of ether oxygens (including phenoxy) is 3. The lowest BCUT2D eigenvalue weighted by molar-refractivity contribution is -0.127. The molecular formula is C20H25NO4. The van der Waals surface area contributed by atoms with Crippen LogP contribution in [0.3, 0.4) is 0 Å². The van der Waals surface area contributed by atoms with E-state index in [4.69, 9.17) is 14.2 Å². The SMILES string of the molecule is COc1ccc(OC)c([C@@H](C)NC(=O)[C@H](C)Oc2ccccc2C)c1. The third-order valence-corrected chi connectivity index (χ3v) is 4.03. The van der Waals surface area contributed by atoms with Crippen molar-refractivity contribution in [3.8, 4) is 17.2 Å². The van der Waals surface area contributed by atoms with Crippen molar-refractivity contribution in [1.29, 1.82) is 0 Å². The first-order chi connectivity index (χ1) is 12.0. The number of carbonyl (C=O) groups is 1. The van der Waals surface area contributed by atoms with Gasteiger partial charge in [-0.15, -0.1) is 0 Å². The van der Waals surface area contributed by atoms with E-state index in [0.29, 0.717) is 17.2 Å². The second-order valence-corrected chi connectivity index (χ2v) is 5.86. The van der Waals surface area contributed by atoms with E-state index in [2.05, 4.69) is 5.32 Å². The molecule has 0 aliphatic carbocycles. The summed E-state index contributed by atoms with van der Waals surface area (Å²) in [5, 5.41) is 2.96. The van der Waals surface area contributed by atoms with Gasteiger partial charge in [-0.1, -0.05) is 18.2 Å². The van der Waals surface area contributed by atoms with Crippen LogP contribution in [0.2, 0.25) is 0 Å². The number of amides is 1. The second-order valence-electron chi connectivity index (χ2n) is 5.86. The minimum Gasteiger partial charge on any atom is -0.497 e. The van der Waals surface area contributed by atoms with Crippen molar-refractivity contribution >= 4 is 5.91 Å². The Bertz CT molecular complexity index is 729. The third-order valence-electron chi connectivity index (χ3n) is 4.03. The van der Waals surface area contributed by atoms with Gasteiger partial charge < -0.3 is 19.5 Å². The number of hydrogen-bond donors (Lipinski definition) is 1. The number of aryl methyl sites for hydroxylation is 1. The molecule has 0 radical (unpaired) electrons. The van der Waals surface area contributed by atoms with Crippen LogP contribution >= 0.6 is 0 Å². The molecule has 2 aromatic rings. The van der Waals surface area contributed by atoms with E-state index >= 15 is 0 Å². The lowest BCUT2D eigenvalue weighted by atomic mass is 10.1. The van der Waals surface area contributed by atoms with Crippen LogP contribution in [0.15, 0.2) is 42.5 Å². The molecule has 5 nitrogen and oxygen atoms in total. The first-order valence-electron chi connectivity index (χ1n) is 8.20. The number of benzene rings is 2. The van der Waals surface area contributed by atoms with Crippen LogP contribution in [0.25, 0.3) is 0 Å². The van der Waals surface area contributed by atoms with E-state index in [0.717, 1.165) is 11.1 Å². The van der Waals surface area contributed by atoms with Crippen molar-refractivity contribution < 1.29 is 19.0 Å². The summed E-state index contributed by atoms with van der Waals surface area (Å²) in [7, 11) is 3.21. The van der Waals surface area contributed by atoms with Gasteiger partial charge in [0, 0.05) is 5.56 Å². The van der Waals surface area contributed by atoms with E-state index in [-0.39, 0.29) is 11.9 Å². The monoisotopic (exact) mass is 343 g/mol. The first kappa shape index (κ1) is 18.6. The Kier molecular flexibility index (Phi) is 6.28. The molecule has 0 aliphatic heterocycles. The van der Waals surface area contributed by atoms with Gasteiger partial charge in [-0.05, 0) is 50.6 Å². The highest BCUT2D eigenvalue weighted by atomic mass is 16.5. The zero-order valence-corrected chi connectivity index (χ0v) is 15.3. The van der Waals surface area contributed by atoms with Crippen molar-refractivity contribution in [3.05, 3.63) is 53.6 Å². The maximum absolute atomic E-state index is 12.5. The van der Waals surface area contributed by atoms with Crippen LogP contribution in [0.5, 0.6) is 17.2 Å². The van der Waals surface area contributed by atoms with Gasteiger partial charge in [0.25, 0.3) is 5.91 Å². The largest absolute Gasteiger partial charge is 0.497 e. The fraction of sp³-hybridized carbons (Fsp3) is 0.350. The minimum atomic E-state index is -0.611. The quantitative estimate of drug-likeness (QED) is 0.834. The molecule has 0 heterocycles. The predicted octanol–water partition coefficient (Wildman–Crippen LogP) is 3.66. The third kappa shape index (κ3) is 4.66. The van der Waals surface area contributed by atoms with Crippen LogP contribution in [0.1, 0.15) is 31.0 Å². The van der Waals surface area contributed by atoms with Crippen LogP contribution in [0, 0.1) is 6.92 Å². The number of para-hydroxylation sites is 1. The normalized spacial score (nSPS) is 12.8. The van der Waals surface area contributed by atoms with Gasteiger partial charge in [0.2, 0.25) is 0 Å². The summed E-state index contributed by atoms with van der Waals surface area (Å²) < 4.78 is 16.4. The highest BCUT2D eigenvalue weighted by Gasteiger charge is 2.20. The molecule has 0 fully saturated rings. The van der Waals surface area contributed by atoms with Gasteiger partial charge in [0.1, 0.15) is 17.2 Å². The van der Waals surface area contributed by atoms with Crippen LogP contribution in [-0.2, 0) is 4.79 Å². The molecule has 0 aromatic heterocycles. The fourth-order valence-electron chi connectivity index (χ4n) is 2.52. The molecule has 134 valence electrons. The summed E-state index contributed by atoms with van der Waals surface area (Å²) in [5.74, 6) is 1.92. The average Bonchev–Trinajstić information content (AvgIpc) is 2.62. The number of rotatable bonds is 7. The van der Waals surface area contributed by atoms with Gasteiger partial charge in [0.15, 0.2) is 6.10 Å². The molecule has 0 saturated carbocycles. The zero-order valence-electron chi connectivity index (χ0n) is 15.3. The van der Waals surface area contributed by atoms with Gasteiger partial charge >= 0.3 is 0 Å². The topological polar surface area (TPSA) is 56.8 Å². The summed E-state index contributed by atoms with van der Waals surface area (Å²) in [6.45, 7) is 5.58. The molecule has 2 atom stereocenters. The zero-order chi connectivity index (χ0) is 18.4. The van der Waals surface area contributed by atoms with Gasteiger partial charge in [-0.3, -0.25) is 4.79 Å². The highest BCUT2D eigenvalue weighted by Crippen LogP contribution is 2.29. The number of carbonyl (C=O) groups excluding carboxylic acids is 1. The van der Waals surface area contributed by atoms with Crippen molar-refractivity contribution in [2.24, 2.45) is 0 Å². The standard InChI is InChI=1S/C20H25NO4/c1-13-8-6-7-9-18(13)25-15(3)20(22)21-14(2)17-12-16(23-4)10-11-19(17)24-5/h6-12,14-15H,1-5H3,(H,21,22)/t14-,15+/m1/s1. The molecule has 25 heavy (non-hydrogen) atoms. The lowest BCUT2D eigenvalue weighted by Gasteiger charge is -2.21. The van der Waals surface area contributed by atoms with Gasteiger partial charge in [0.05, 0.1) is 20.3 Å². The Hall–Kier alpha value is -2.69. The van der Waals surface area contributed by atoms with E-state index in [1.807, 2.05) is 56.3 Å². The number of hydrogen-bond acceptors (Lipinski definition) is 4. The molecule has 5 heteroatoms. The molecule has 0 aliphatic rings. The van der Waals surface area contributed by atoms with Crippen LogP contribution < -0.4 is 19.5 Å². The van der Waals surface area contributed by atoms with Crippen LogP contribution in [0.4, 0.5) is 0 Å². The van der Waals surface area contributed by atoms with E-state index in [1.54, 1.807) is 21.1 Å². The molecular weight excluding hydrogens is 318 g/mol. The maximum atomic E-state index is 12.5. The smallest absolute Gasteiger partial charge is 0.261 e. The van der Waals surface area contributed by atoms with E-state index in [9.17, 15) is 4.79 Å². The Labute approximate surface area is 148 Å². The summed E-state index contributed by atoms with van der Waals surface area (Å²) in [4.78, 5) is 12.5. The molecule has 2 aromatic carbocycles. The summed E-state index contributed by atoms with van der Waals surface area (Å²) in [6.07, 6.45) is -0.611.